The molecule has 0 saturated carbocycles. The van der Waals surface area contributed by atoms with Crippen LogP contribution in [-0.2, 0) is 0 Å². The first-order chi connectivity index (χ1) is 8.24. The van der Waals surface area contributed by atoms with Crippen LogP contribution >= 0.6 is 0 Å². The van der Waals surface area contributed by atoms with Gasteiger partial charge in [-0.05, 0) is 42.8 Å². The van der Waals surface area contributed by atoms with Gasteiger partial charge in [0.1, 0.15) is 11.3 Å². The maximum Gasteiger partial charge on any atom is 0.135 e. The minimum Gasteiger partial charge on any atom is -0.456 e. The van der Waals surface area contributed by atoms with Crippen molar-refractivity contribution in [3.8, 4) is 11.3 Å². The lowest BCUT2D eigenvalue weighted by molar-refractivity contribution is 0.631. The predicted octanol–water partition coefficient (Wildman–Crippen LogP) is 3.99. The summed E-state index contributed by atoms with van der Waals surface area (Å²) in [5, 5.41) is 1.12. The van der Waals surface area contributed by atoms with Crippen molar-refractivity contribution in [1.82, 2.24) is 0 Å². The number of rotatable bonds is 1. The first kappa shape index (κ1) is 9.97. The van der Waals surface area contributed by atoms with Crippen molar-refractivity contribution >= 4 is 16.7 Å². The van der Waals surface area contributed by atoms with Crippen LogP contribution in [0.5, 0.6) is 0 Å². The molecule has 17 heavy (non-hydrogen) atoms. The molecule has 0 saturated heterocycles. The fourth-order valence-corrected chi connectivity index (χ4v) is 1.95. The van der Waals surface area contributed by atoms with E-state index in [1.165, 1.54) is 0 Å². The van der Waals surface area contributed by atoms with Gasteiger partial charge in [0.25, 0.3) is 0 Å². The highest BCUT2D eigenvalue weighted by Gasteiger charge is 2.06. The van der Waals surface area contributed by atoms with Crippen LogP contribution in [0.4, 0.5) is 5.69 Å². The number of para-hydroxylation sites is 1. The van der Waals surface area contributed by atoms with Gasteiger partial charge in [0.2, 0.25) is 0 Å². The van der Waals surface area contributed by atoms with E-state index in [0.717, 1.165) is 33.5 Å². The summed E-state index contributed by atoms with van der Waals surface area (Å²) in [4.78, 5) is 0. The second kappa shape index (κ2) is 3.67. The average molecular weight is 223 g/mol. The molecule has 0 spiro atoms. The van der Waals surface area contributed by atoms with Gasteiger partial charge < -0.3 is 10.2 Å². The fourth-order valence-electron chi connectivity index (χ4n) is 1.95. The Bertz CT molecular complexity index is 649. The van der Waals surface area contributed by atoms with Crippen LogP contribution in [0.3, 0.4) is 0 Å². The number of hydrogen-bond acceptors (Lipinski definition) is 2. The van der Waals surface area contributed by atoms with E-state index < -0.39 is 0 Å². The molecule has 0 aliphatic carbocycles. The van der Waals surface area contributed by atoms with Crippen molar-refractivity contribution < 1.29 is 4.42 Å². The minimum atomic E-state index is 0.810. The van der Waals surface area contributed by atoms with Gasteiger partial charge in [0, 0.05) is 16.6 Å². The standard InChI is InChI=1S/C15H13NO/c1-10-8-12(6-7-13(10)16)15-9-11-4-2-3-5-14(11)17-15/h2-9H,16H2,1H3. The van der Waals surface area contributed by atoms with E-state index in [1.54, 1.807) is 0 Å². The summed E-state index contributed by atoms with van der Waals surface area (Å²) < 4.78 is 5.81. The predicted molar refractivity (Wildman–Crippen MR) is 70.8 cm³/mol. The molecule has 0 aliphatic rings. The molecule has 0 aliphatic heterocycles. The van der Waals surface area contributed by atoms with Crippen molar-refractivity contribution in [2.45, 2.75) is 6.92 Å². The lowest BCUT2D eigenvalue weighted by Crippen LogP contribution is -1.88. The largest absolute Gasteiger partial charge is 0.456 e. The van der Waals surface area contributed by atoms with Gasteiger partial charge in [-0.1, -0.05) is 18.2 Å². The van der Waals surface area contributed by atoms with E-state index in [4.69, 9.17) is 10.2 Å². The third-order valence-electron chi connectivity index (χ3n) is 2.98. The molecule has 2 N–H and O–H groups in total. The second-order valence-electron chi connectivity index (χ2n) is 4.22. The van der Waals surface area contributed by atoms with Crippen molar-refractivity contribution in [1.29, 1.82) is 0 Å². The summed E-state index contributed by atoms with van der Waals surface area (Å²) in [5.41, 5.74) is 9.67. The molecule has 0 radical (unpaired) electrons. The van der Waals surface area contributed by atoms with Crippen LogP contribution in [0, 0.1) is 6.92 Å². The summed E-state index contributed by atoms with van der Waals surface area (Å²) in [6.07, 6.45) is 0. The molecule has 0 fully saturated rings. The zero-order valence-corrected chi connectivity index (χ0v) is 9.60. The minimum absolute atomic E-state index is 0.810. The first-order valence-corrected chi connectivity index (χ1v) is 5.59. The lowest BCUT2D eigenvalue weighted by atomic mass is 10.1. The Kier molecular flexibility index (Phi) is 2.15. The summed E-state index contributed by atoms with van der Waals surface area (Å²) >= 11 is 0. The van der Waals surface area contributed by atoms with Gasteiger partial charge in [0.15, 0.2) is 0 Å². The Morgan fingerprint density at radius 3 is 2.59 bits per heavy atom. The fraction of sp³-hybridized carbons (Fsp3) is 0.0667. The molecule has 1 heterocycles. The number of furan rings is 1. The van der Waals surface area contributed by atoms with Gasteiger partial charge in [0.05, 0.1) is 0 Å². The molecule has 84 valence electrons. The van der Waals surface area contributed by atoms with Crippen molar-refractivity contribution in [3.63, 3.8) is 0 Å². The van der Waals surface area contributed by atoms with Crippen LogP contribution in [0.25, 0.3) is 22.3 Å². The Balaban J connectivity index is 2.17. The first-order valence-electron chi connectivity index (χ1n) is 5.59. The summed E-state index contributed by atoms with van der Waals surface area (Å²) in [6.45, 7) is 2.00. The smallest absolute Gasteiger partial charge is 0.135 e. The van der Waals surface area contributed by atoms with Gasteiger partial charge in [-0.25, -0.2) is 0 Å². The molecule has 0 amide bonds. The molecule has 0 bridgehead atoms. The summed E-state index contributed by atoms with van der Waals surface area (Å²) in [6, 6.07) is 16.0. The number of fused-ring (bicyclic) bond motifs is 1. The molecule has 2 aromatic carbocycles. The Labute approximate surface area is 99.7 Å². The topological polar surface area (TPSA) is 39.2 Å². The van der Waals surface area contributed by atoms with E-state index in [9.17, 15) is 0 Å². The van der Waals surface area contributed by atoms with Crippen LogP contribution in [0.15, 0.2) is 52.9 Å². The molecule has 0 atom stereocenters. The van der Waals surface area contributed by atoms with Crippen molar-refractivity contribution in [2.24, 2.45) is 0 Å². The van der Waals surface area contributed by atoms with E-state index in [0.29, 0.717) is 0 Å². The van der Waals surface area contributed by atoms with Crippen LogP contribution in [-0.4, -0.2) is 0 Å². The highest BCUT2D eigenvalue weighted by atomic mass is 16.3. The normalized spacial score (nSPS) is 10.9. The molecule has 0 unspecified atom stereocenters. The Morgan fingerprint density at radius 2 is 1.82 bits per heavy atom. The average Bonchev–Trinajstić information content (AvgIpc) is 2.76. The monoisotopic (exact) mass is 223 g/mol. The van der Waals surface area contributed by atoms with Crippen molar-refractivity contribution in [2.75, 3.05) is 5.73 Å². The van der Waals surface area contributed by atoms with E-state index in [-0.39, 0.29) is 0 Å². The SMILES string of the molecule is Cc1cc(-c2cc3ccccc3o2)ccc1N. The van der Waals surface area contributed by atoms with Crippen LogP contribution in [0.2, 0.25) is 0 Å². The van der Waals surface area contributed by atoms with Gasteiger partial charge in [-0.3, -0.25) is 0 Å². The van der Waals surface area contributed by atoms with E-state index in [2.05, 4.69) is 6.07 Å². The molecule has 1 aromatic heterocycles. The quantitative estimate of drug-likeness (QED) is 0.633. The highest BCUT2D eigenvalue weighted by molar-refractivity contribution is 5.83. The number of hydrogen-bond donors (Lipinski definition) is 1. The summed E-state index contributed by atoms with van der Waals surface area (Å²) in [7, 11) is 0. The molecule has 2 heteroatoms. The number of aryl methyl sites for hydroxylation is 1. The third kappa shape index (κ3) is 1.68. The molecular formula is C15H13NO. The highest BCUT2D eigenvalue weighted by Crippen LogP contribution is 2.29. The van der Waals surface area contributed by atoms with Gasteiger partial charge >= 0.3 is 0 Å². The Hall–Kier alpha value is -2.22. The third-order valence-corrected chi connectivity index (χ3v) is 2.98. The number of nitrogen functional groups attached to an aromatic ring is 1. The van der Waals surface area contributed by atoms with E-state index in [1.807, 2.05) is 49.4 Å². The zero-order valence-electron chi connectivity index (χ0n) is 9.60. The number of nitrogens with two attached hydrogens (primary N) is 1. The van der Waals surface area contributed by atoms with Gasteiger partial charge in [-0.15, -0.1) is 0 Å². The molecule has 3 rings (SSSR count). The maximum absolute atomic E-state index is 5.81. The molecular weight excluding hydrogens is 210 g/mol. The van der Waals surface area contributed by atoms with Crippen LogP contribution in [0.1, 0.15) is 5.56 Å². The lowest BCUT2D eigenvalue weighted by Gasteiger charge is -2.01. The summed E-state index contributed by atoms with van der Waals surface area (Å²) in [5.74, 6) is 0.884. The van der Waals surface area contributed by atoms with E-state index >= 15 is 0 Å². The zero-order chi connectivity index (χ0) is 11.8. The van der Waals surface area contributed by atoms with Gasteiger partial charge in [-0.2, -0.15) is 0 Å². The number of anilines is 1. The maximum atomic E-state index is 5.81. The van der Waals surface area contributed by atoms with Crippen molar-refractivity contribution in [3.05, 3.63) is 54.1 Å². The second-order valence-corrected chi connectivity index (χ2v) is 4.22. The molecule has 3 aromatic rings. The Morgan fingerprint density at radius 1 is 1.00 bits per heavy atom. The van der Waals surface area contributed by atoms with Crippen LogP contribution < -0.4 is 5.73 Å². The molecule has 2 nitrogen and oxygen atoms in total. The number of benzene rings is 2.